The lowest BCUT2D eigenvalue weighted by atomic mass is 10.2. The number of carbonyl (C=O) groups excluding carboxylic acids is 1. The van der Waals surface area contributed by atoms with Gasteiger partial charge >= 0.3 is 0 Å². The number of hydrogen-bond donors (Lipinski definition) is 1. The third kappa shape index (κ3) is 4.12. The van der Waals surface area contributed by atoms with Gasteiger partial charge in [-0.25, -0.2) is 4.39 Å². The SMILES string of the molecule is O=C(C=Cc1ccc(-c2ccc(Cl)cc2)o1)Nc1cccc(F)c1. The van der Waals surface area contributed by atoms with Crippen molar-refractivity contribution in [2.75, 3.05) is 5.32 Å². The minimum atomic E-state index is -0.407. The number of furan rings is 1. The van der Waals surface area contributed by atoms with Crippen LogP contribution in [0.15, 0.2) is 71.2 Å². The lowest BCUT2D eigenvalue weighted by Crippen LogP contribution is -2.07. The first-order chi connectivity index (χ1) is 11.6. The second-order valence-corrected chi connectivity index (χ2v) is 5.48. The highest BCUT2D eigenvalue weighted by molar-refractivity contribution is 6.30. The van der Waals surface area contributed by atoms with Gasteiger partial charge in [0.05, 0.1) is 0 Å². The molecule has 120 valence electrons. The summed E-state index contributed by atoms with van der Waals surface area (Å²) < 4.78 is 18.7. The molecule has 3 aromatic rings. The van der Waals surface area contributed by atoms with Crippen molar-refractivity contribution in [2.24, 2.45) is 0 Å². The predicted molar refractivity (Wildman–Crippen MR) is 93.2 cm³/mol. The summed E-state index contributed by atoms with van der Waals surface area (Å²) >= 11 is 5.86. The van der Waals surface area contributed by atoms with E-state index < -0.39 is 5.82 Å². The monoisotopic (exact) mass is 341 g/mol. The van der Waals surface area contributed by atoms with Crippen molar-refractivity contribution in [2.45, 2.75) is 0 Å². The van der Waals surface area contributed by atoms with Crippen LogP contribution in [0.25, 0.3) is 17.4 Å². The smallest absolute Gasteiger partial charge is 0.248 e. The fourth-order valence-electron chi connectivity index (χ4n) is 2.12. The van der Waals surface area contributed by atoms with E-state index >= 15 is 0 Å². The van der Waals surface area contributed by atoms with Crippen LogP contribution in [0.2, 0.25) is 5.02 Å². The lowest BCUT2D eigenvalue weighted by Gasteiger charge is -2.01. The maximum absolute atomic E-state index is 13.1. The zero-order valence-electron chi connectivity index (χ0n) is 12.5. The van der Waals surface area contributed by atoms with Crippen LogP contribution in [0.4, 0.5) is 10.1 Å². The van der Waals surface area contributed by atoms with Crippen molar-refractivity contribution < 1.29 is 13.6 Å². The molecular weight excluding hydrogens is 329 g/mol. The largest absolute Gasteiger partial charge is 0.457 e. The van der Waals surface area contributed by atoms with Crippen LogP contribution in [0, 0.1) is 5.82 Å². The number of hydrogen-bond acceptors (Lipinski definition) is 2. The van der Waals surface area contributed by atoms with Crippen molar-refractivity contribution in [1.29, 1.82) is 0 Å². The molecule has 1 N–H and O–H groups in total. The highest BCUT2D eigenvalue weighted by Crippen LogP contribution is 2.24. The normalized spacial score (nSPS) is 10.9. The molecule has 0 unspecified atom stereocenters. The van der Waals surface area contributed by atoms with Crippen LogP contribution in [0.1, 0.15) is 5.76 Å². The summed E-state index contributed by atoms with van der Waals surface area (Å²) in [5.74, 6) is 0.437. The second-order valence-electron chi connectivity index (χ2n) is 5.04. The van der Waals surface area contributed by atoms with Gasteiger partial charge in [-0.2, -0.15) is 0 Å². The molecule has 0 saturated carbocycles. The molecule has 24 heavy (non-hydrogen) atoms. The number of nitrogens with one attached hydrogen (secondary N) is 1. The van der Waals surface area contributed by atoms with E-state index in [9.17, 15) is 9.18 Å². The Balaban J connectivity index is 1.66. The van der Waals surface area contributed by atoms with Crippen molar-refractivity contribution in [3.05, 3.63) is 83.3 Å². The number of anilines is 1. The second kappa shape index (κ2) is 7.15. The molecule has 3 rings (SSSR count). The van der Waals surface area contributed by atoms with Crippen LogP contribution in [-0.4, -0.2) is 5.91 Å². The van der Waals surface area contributed by atoms with E-state index in [-0.39, 0.29) is 5.91 Å². The lowest BCUT2D eigenvalue weighted by molar-refractivity contribution is -0.111. The Morgan fingerprint density at radius 2 is 1.88 bits per heavy atom. The topological polar surface area (TPSA) is 42.2 Å². The van der Waals surface area contributed by atoms with Gasteiger partial charge in [0, 0.05) is 22.3 Å². The van der Waals surface area contributed by atoms with Crippen molar-refractivity contribution in [1.82, 2.24) is 0 Å². The fraction of sp³-hybridized carbons (Fsp3) is 0. The first-order valence-electron chi connectivity index (χ1n) is 7.20. The number of rotatable bonds is 4. The van der Waals surface area contributed by atoms with E-state index in [4.69, 9.17) is 16.0 Å². The van der Waals surface area contributed by atoms with Gasteiger partial charge in [0.25, 0.3) is 0 Å². The Kier molecular flexibility index (Phi) is 4.77. The maximum Gasteiger partial charge on any atom is 0.248 e. The average molecular weight is 342 g/mol. The molecule has 0 aliphatic rings. The van der Waals surface area contributed by atoms with Crippen LogP contribution >= 0.6 is 11.6 Å². The quantitative estimate of drug-likeness (QED) is 0.646. The van der Waals surface area contributed by atoms with Gasteiger partial charge in [-0.05, 0) is 60.7 Å². The van der Waals surface area contributed by atoms with Crippen molar-refractivity contribution in [3.63, 3.8) is 0 Å². The molecule has 0 fully saturated rings. The van der Waals surface area contributed by atoms with Crippen LogP contribution in [0.5, 0.6) is 0 Å². The highest BCUT2D eigenvalue weighted by Gasteiger charge is 2.04. The molecule has 0 aliphatic carbocycles. The molecular formula is C19H13ClFNO2. The van der Waals surface area contributed by atoms with Crippen LogP contribution < -0.4 is 5.32 Å². The molecule has 0 spiro atoms. The van der Waals surface area contributed by atoms with Gasteiger partial charge in [-0.1, -0.05) is 17.7 Å². The van der Waals surface area contributed by atoms with Gasteiger partial charge in [0.15, 0.2) is 0 Å². The van der Waals surface area contributed by atoms with Crippen LogP contribution in [0.3, 0.4) is 0 Å². The van der Waals surface area contributed by atoms with Gasteiger partial charge < -0.3 is 9.73 Å². The van der Waals surface area contributed by atoms with E-state index in [1.807, 2.05) is 18.2 Å². The summed E-state index contributed by atoms with van der Waals surface area (Å²) in [6.45, 7) is 0. The highest BCUT2D eigenvalue weighted by atomic mass is 35.5. The Labute approximate surface area is 143 Å². The molecule has 1 aromatic heterocycles. The van der Waals surface area contributed by atoms with E-state index in [0.717, 1.165) is 5.56 Å². The van der Waals surface area contributed by atoms with Crippen LogP contribution in [-0.2, 0) is 4.79 Å². The van der Waals surface area contributed by atoms with Gasteiger partial charge in [0.2, 0.25) is 5.91 Å². The molecule has 0 bridgehead atoms. The Hall–Kier alpha value is -2.85. The minimum Gasteiger partial charge on any atom is -0.457 e. The fourth-order valence-corrected chi connectivity index (χ4v) is 2.25. The molecule has 0 atom stereocenters. The van der Waals surface area contributed by atoms with Crippen molar-refractivity contribution >= 4 is 29.3 Å². The zero-order chi connectivity index (χ0) is 16.9. The van der Waals surface area contributed by atoms with Crippen molar-refractivity contribution in [3.8, 4) is 11.3 Å². The average Bonchev–Trinajstić information content (AvgIpc) is 3.03. The molecule has 3 nitrogen and oxygen atoms in total. The molecule has 1 amide bonds. The van der Waals surface area contributed by atoms with E-state index in [1.165, 1.54) is 24.3 Å². The molecule has 0 saturated heterocycles. The first-order valence-corrected chi connectivity index (χ1v) is 7.58. The predicted octanol–water partition coefficient (Wildman–Crippen LogP) is 5.39. The first kappa shape index (κ1) is 16.0. The minimum absolute atomic E-state index is 0.370. The summed E-state index contributed by atoms with van der Waals surface area (Å²) in [6, 6.07) is 16.5. The maximum atomic E-state index is 13.1. The summed E-state index contributed by atoms with van der Waals surface area (Å²) in [5, 5.41) is 3.23. The van der Waals surface area contributed by atoms with E-state index in [1.54, 1.807) is 30.3 Å². The summed E-state index contributed by atoms with van der Waals surface area (Å²) in [6.07, 6.45) is 2.88. The number of carbonyl (C=O) groups is 1. The Morgan fingerprint density at radius 1 is 1.08 bits per heavy atom. The zero-order valence-corrected chi connectivity index (χ0v) is 13.3. The Morgan fingerprint density at radius 3 is 2.62 bits per heavy atom. The summed E-state index contributed by atoms with van der Waals surface area (Å²) in [7, 11) is 0. The van der Waals surface area contributed by atoms with Gasteiger partial charge in [0.1, 0.15) is 17.3 Å². The number of benzene rings is 2. The summed E-state index contributed by atoms with van der Waals surface area (Å²) in [5.41, 5.74) is 1.29. The molecule has 0 radical (unpaired) electrons. The number of halogens is 2. The molecule has 2 aromatic carbocycles. The summed E-state index contributed by atoms with van der Waals surface area (Å²) in [4.78, 5) is 11.8. The Bertz CT molecular complexity index is 884. The third-order valence-corrected chi connectivity index (χ3v) is 3.50. The standard InChI is InChI=1S/C19H13ClFNO2/c20-14-6-4-13(5-7-14)18-10-8-17(24-18)9-11-19(23)22-16-3-1-2-15(21)12-16/h1-12H,(H,22,23). The number of amides is 1. The molecule has 0 aliphatic heterocycles. The third-order valence-electron chi connectivity index (χ3n) is 3.25. The molecule has 5 heteroatoms. The van der Waals surface area contributed by atoms with E-state index in [2.05, 4.69) is 5.32 Å². The van der Waals surface area contributed by atoms with Gasteiger partial charge in [-0.3, -0.25) is 4.79 Å². The van der Waals surface area contributed by atoms with Gasteiger partial charge in [-0.15, -0.1) is 0 Å². The van der Waals surface area contributed by atoms with E-state index in [0.29, 0.717) is 22.2 Å². The molecule has 1 heterocycles.